The number of ether oxygens (including phenoxy) is 1. The fourth-order valence-electron chi connectivity index (χ4n) is 1.78. The number of rotatable bonds is 4. The standard InChI is InChI=1S/C14H18FNO3/c1-9-5-6-12(15)11(7-9)13(17)16(3)8-10(2)14(18)19-4/h5-7,10H,8H2,1-4H3. The Morgan fingerprint density at radius 2 is 2.05 bits per heavy atom. The van der Waals surface area contributed by atoms with Crippen molar-refractivity contribution in [1.29, 1.82) is 0 Å². The Morgan fingerprint density at radius 3 is 2.63 bits per heavy atom. The molecular weight excluding hydrogens is 249 g/mol. The first-order chi connectivity index (χ1) is 8.86. The smallest absolute Gasteiger partial charge is 0.310 e. The molecule has 0 heterocycles. The number of carbonyl (C=O) groups is 2. The number of aryl methyl sites for hydroxylation is 1. The average molecular weight is 267 g/mol. The molecule has 1 rings (SSSR count). The molecule has 0 aliphatic carbocycles. The van der Waals surface area contributed by atoms with Crippen molar-refractivity contribution in [1.82, 2.24) is 4.90 Å². The summed E-state index contributed by atoms with van der Waals surface area (Å²) in [6, 6.07) is 4.36. The minimum atomic E-state index is -0.562. The van der Waals surface area contributed by atoms with Crippen molar-refractivity contribution < 1.29 is 18.7 Å². The van der Waals surface area contributed by atoms with E-state index in [-0.39, 0.29) is 12.1 Å². The van der Waals surface area contributed by atoms with Crippen molar-refractivity contribution in [2.24, 2.45) is 5.92 Å². The zero-order valence-corrected chi connectivity index (χ0v) is 11.6. The van der Waals surface area contributed by atoms with Gasteiger partial charge in [0.15, 0.2) is 0 Å². The van der Waals surface area contributed by atoms with E-state index in [4.69, 9.17) is 0 Å². The molecule has 0 spiro atoms. The molecule has 0 fully saturated rings. The van der Waals surface area contributed by atoms with E-state index in [0.717, 1.165) is 5.56 Å². The number of carbonyl (C=O) groups excluding carboxylic acids is 2. The maximum Gasteiger partial charge on any atom is 0.310 e. The molecule has 1 aromatic rings. The molecule has 0 radical (unpaired) electrons. The molecule has 4 nitrogen and oxygen atoms in total. The molecular formula is C14H18FNO3. The Labute approximate surface area is 112 Å². The van der Waals surface area contributed by atoms with Crippen LogP contribution in [0, 0.1) is 18.7 Å². The molecule has 19 heavy (non-hydrogen) atoms. The first-order valence-corrected chi connectivity index (χ1v) is 5.96. The molecule has 1 unspecified atom stereocenters. The van der Waals surface area contributed by atoms with Gasteiger partial charge in [0.1, 0.15) is 5.82 Å². The van der Waals surface area contributed by atoms with Crippen LogP contribution in [0.15, 0.2) is 18.2 Å². The van der Waals surface area contributed by atoms with E-state index in [0.29, 0.717) is 0 Å². The molecule has 0 aliphatic heterocycles. The van der Waals surface area contributed by atoms with Crippen molar-refractivity contribution in [3.63, 3.8) is 0 Å². The zero-order chi connectivity index (χ0) is 14.6. The number of esters is 1. The molecule has 1 atom stereocenters. The third-order valence-electron chi connectivity index (χ3n) is 2.85. The number of benzene rings is 1. The van der Waals surface area contributed by atoms with Crippen LogP contribution in [0.2, 0.25) is 0 Å². The van der Waals surface area contributed by atoms with Crippen molar-refractivity contribution in [3.8, 4) is 0 Å². The summed E-state index contributed by atoms with van der Waals surface area (Å²) in [5.41, 5.74) is 0.818. The van der Waals surface area contributed by atoms with Crippen LogP contribution in [-0.2, 0) is 9.53 Å². The van der Waals surface area contributed by atoms with Crippen molar-refractivity contribution >= 4 is 11.9 Å². The number of hydrogen-bond donors (Lipinski definition) is 0. The quantitative estimate of drug-likeness (QED) is 0.784. The van der Waals surface area contributed by atoms with Gasteiger partial charge in [-0.05, 0) is 19.1 Å². The predicted molar refractivity (Wildman–Crippen MR) is 69.3 cm³/mol. The van der Waals surface area contributed by atoms with Crippen LogP contribution in [0.3, 0.4) is 0 Å². The van der Waals surface area contributed by atoms with Crippen LogP contribution in [0.5, 0.6) is 0 Å². The highest BCUT2D eigenvalue weighted by Crippen LogP contribution is 2.13. The van der Waals surface area contributed by atoms with E-state index < -0.39 is 23.6 Å². The van der Waals surface area contributed by atoms with E-state index in [9.17, 15) is 14.0 Å². The summed E-state index contributed by atoms with van der Waals surface area (Å²) in [4.78, 5) is 24.7. The number of hydrogen-bond acceptors (Lipinski definition) is 3. The lowest BCUT2D eigenvalue weighted by atomic mass is 10.1. The highest BCUT2D eigenvalue weighted by molar-refractivity contribution is 5.94. The Morgan fingerprint density at radius 1 is 1.42 bits per heavy atom. The number of amides is 1. The van der Waals surface area contributed by atoms with Crippen LogP contribution in [0.1, 0.15) is 22.8 Å². The topological polar surface area (TPSA) is 46.6 Å². The van der Waals surface area contributed by atoms with Gasteiger partial charge in [0.25, 0.3) is 5.91 Å². The SMILES string of the molecule is COC(=O)C(C)CN(C)C(=O)c1cc(C)ccc1F. The van der Waals surface area contributed by atoms with E-state index in [1.807, 2.05) is 0 Å². The van der Waals surface area contributed by atoms with Crippen molar-refractivity contribution in [2.45, 2.75) is 13.8 Å². The van der Waals surface area contributed by atoms with Crippen molar-refractivity contribution in [3.05, 3.63) is 35.1 Å². The highest BCUT2D eigenvalue weighted by Gasteiger charge is 2.21. The predicted octanol–water partition coefficient (Wildman–Crippen LogP) is 2.02. The first kappa shape index (κ1) is 15.1. The third kappa shape index (κ3) is 3.77. The van der Waals surface area contributed by atoms with E-state index >= 15 is 0 Å². The summed E-state index contributed by atoms with van der Waals surface area (Å²) in [5.74, 6) is -1.86. The molecule has 0 aliphatic rings. The monoisotopic (exact) mass is 267 g/mol. The zero-order valence-electron chi connectivity index (χ0n) is 11.6. The summed E-state index contributed by atoms with van der Waals surface area (Å²) < 4.78 is 18.2. The van der Waals surface area contributed by atoms with Crippen molar-refractivity contribution in [2.75, 3.05) is 20.7 Å². The summed E-state index contributed by atoms with van der Waals surface area (Å²) >= 11 is 0. The molecule has 0 bridgehead atoms. The van der Waals surface area contributed by atoms with Crippen LogP contribution in [-0.4, -0.2) is 37.5 Å². The Balaban J connectivity index is 2.82. The summed E-state index contributed by atoms with van der Waals surface area (Å²) in [6.45, 7) is 3.62. The fraction of sp³-hybridized carbons (Fsp3) is 0.429. The van der Waals surface area contributed by atoms with Gasteiger partial charge in [-0.1, -0.05) is 18.6 Å². The maximum absolute atomic E-state index is 13.6. The third-order valence-corrected chi connectivity index (χ3v) is 2.85. The Hall–Kier alpha value is -1.91. The number of methoxy groups -OCH3 is 1. The molecule has 0 aromatic heterocycles. The van der Waals surface area contributed by atoms with Crippen LogP contribution >= 0.6 is 0 Å². The van der Waals surface area contributed by atoms with Crippen LogP contribution < -0.4 is 0 Å². The molecule has 1 aromatic carbocycles. The number of halogens is 1. The van der Waals surface area contributed by atoms with E-state index in [1.165, 1.54) is 31.2 Å². The molecule has 0 saturated carbocycles. The second kappa shape index (κ2) is 6.31. The van der Waals surface area contributed by atoms with Crippen LogP contribution in [0.4, 0.5) is 4.39 Å². The first-order valence-electron chi connectivity index (χ1n) is 5.96. The molecule has 1 amide bonds. The minimum Gasteiger partial charge on any atom is -0.469 e. The summed E-state index contributed by atoms with van der Waals surface area (Å²) in [5, 5.41) is 0. The van der Waals surface area contributed by atoms with Crippen LogP contribution in [0.25, 0.3) is 0 Å². The van der Waals surface area contributed by atoms with Gasteiger partial charge in [-0.25, -0.2) is 4.39 Å². The average Bonchev–Trinajstić information content (AvgIpc) is 2.39. The van der Waals surface area contributed by atoms with E-state index in [1.54, 1.807) is 19.9 Å². The van der Waals surface area contributed by atoms with Gasteiger partial charge in [-0.3, -0.25) is 9.59 Å². The summed E-state index contributed by atoms with van der Waals surface area (Å²) in [6.07, 6.45) is 0. The molecule has 0 saturated heterocycles. The van der Waals surface area contributed by atoms with Gasteiger partial charge in [0.05, 0.1) is 18.6 Å². The van der Waals surface area contributed by atoms with Gasteiger partial charge in [-0.2, -0.15) is 0 Å². The van der Waals surface area contributed by atoms with Gasteiger partial charge in [0.2, 0.25) is 0 Å². The largest absolute Gasteiger partial charge is 0.469 e. The van der Waals surface area contributed by atoms with Gasteiger partial charge >= 0.3 is 5.97 Å². The Bertz CT molecular complexity index is 488. The lowest BCUT2D eigenvalue weighted by Crippen LogP contribution is -2.34. The molecule has 0 N–H and O–H groups in total. The summed E-state index contributed by atoms with van der Waals surface area (Å²) in [7, 11) is 2.82. The molecule has 5 heteroatoms. The lowest BCUT2D eigenvalue weighted by Gasteiger charge is -2.20. The molecule has 104 valence electrons. The highest BCUT2D eigenvalue weighted by atomic mass is 19.1. The van der Waals surface area contributed by atoms with Gasteiger partial charge < -0.3 is 9.64 Å². The lowest BCUT2D eigenvalue weighted by molar-refractivity contribution is -0.145. The normalized spacial score (nSPS) is 11.8. The fourth-order valence-corrected chi connectivity index (χ4v) is 1.78. The number of nitrogens with zero attached hydrogens (tertiary/aromatic N) is 1. The van der Waals surface area contributed by atoms with Gasteiger partial charge in [0, 0.05) is 13.6 Å². The Kier molecular flexibility index (Phi) is 5.03. The van der Waals surface area contributed by atoms with Gasteiger partial charge in [-0.15, -0.1) is 0 Å². The van der Waals surface area contributed by atoms with E-state index in [2.05, 4.69) is 4.74 Å². The maximum atomic E-state index is 13.6. The second-order valence-electron chi connectivity index (χ2n) is 4.59. The minimum absolute atomic E-state index is 0.0135. The second-order valence-corrected chi connectivity index (χ2v) is 4.59.